The third kappa shape index (κ3) is 3.43. The smallest absolute Gasteiger partial charge is 0.293 e. The maximum absolute atomic E-state index is 13.2. The summed E-state index contributed by atoms with van der Waals surface area (Å²) in [5, 5.41) is 11.8. The highest BCUT2D eigenvalue weighted by molar-refractivity contribution is 7.89. The van der Waals surface area contributed by atoms with Crippen LogP contribution in [0.25, 0.3) is 10.9 Å². The van der Waals surface area contributed by atoms with Gasteiger partial charge in [-0.15, -0.1) is 0 Å². The zero-order valence-electron chi connectivity index (χ0n) is 17.2. The highest BCUT2D eigenvalue weighted by Crippen LogP contribution is 2.33. The first-order chi connectivity index (χ1) is 15.3. The maximum atomic E-state index is 13.2. The third-order valence-electron chi connectivity index (χ3n) is 6.22. The number of sulfonamides is 1. The molecule has 2 aromatic carbocycles. The van der Waals surface area contributed by atoms with Crippen molar-refractivity contribution in [3.63, 3.8) is 0 Å². The molecule has 1 aliphatic carbocycles. The fourth-order valence-corrected chi connectivity index (χ4v) is 5.99. The SMILES string of the molecule is O=c1[nH]cnc2cc(N3CCN(S(=O)(=O)c4ccc5c(c4)CCC5)CC3)c([N+](=O)[O-])cc12. The largest absolute Gasteiger partial charge is 0.363 e. The Morgan fingerprint density at radius 2 is 1.78 bits per heavy atom. The van der Waals surface area contributed by atoms with Crippen LogP contribution in [0.15, 0.2) is 46.3 Å². The van der Waals surface area contributed by atoms with Gasteiger partial charge < -0.3 is 9.88 Å². The van der Waals surface area contributed by atoms with Crippen molar-refractivity contribution >= 4 is 32.3 Å². The van der Waals surface area contributed by atoms with E-state index in [9.17, 15) is 23.3 Å². The van der Waals surface area contributed by atoms with Gasteiger partial charge in [0.25, 0.3) is 11.2 Å². The summed E-state index contributed by atoms with van der Waals surface area (Å²) in [6.45, 7) is 0.994. The van der Waals surface area contributed by atoms with Crippen LogP contribution in [-0.4, -0.2) is 53.8 Å². The van der Waals surface area contributed by atoms with Crippen molar-refractivity contribution in [3.8, 4) is 0 Å². The molecule has 11 heteroatoms. The highest BCUT2D eigenvalue weighted by atomic mass is 32.2. The van der Waals surface area contributed by atoms with Gasteiger partial charge in [-0.05, 0) is 48.6 Å². The number of H-pyrrole nitrogens is 1. The summed E-state index contributed by atoms with van der Waals surface area (Å²) in [6, 6.07) is 8.10. The summed E-state index contributed by atoms with van der Waals surface area (Å²) >= 11 is 0. The van der Waals surface area contributed by atoms with Gasteiger partial charge in [-0.25, -0.2) is 13.4 Å². The normalized spacial score (nSPS) is 16.9. The zero-order chi connectivity index (χ0) is 22.5. The molecule has 5 rings (SSSR count). The first-order valence-corrected chi connectivity index (χ1v) is 11.8. The Labute approximate surface area is 183 Å². The molecule has 1 N–H and O–H groups in total. The standard InChI is InChI=1S/C21H21N5O5S/c27-21-17-11-20(26(28)29)19(12-18(17)22-13-23-21)24-6-8-25(9-7-24)32(30,31)16-5-4-14-2-1-3-15(14)10-16/h4-5,10-13H,1-3,6-9H2,(H,22,23,27). The summed E-state index contributed by atoms with van der Waals surface area (Å²) in [7, 11) is -3.64. The molecule has 0 amide bonds. The molecule has 2 heterocycles. The van der Waals surface area contributed by atoms with Crippen LogP contribution in [0.5, 0.6) is 0 Å². The van der Waals surface area contributed by atoms with Crippen molar-refractivity contribution in [2.24, 2.45) is 0 Å². The Morgan fingerprint density at radius 3 is 2.53 bits per heavy atom. The fraction of sp³-hybridized carbons (Fsp3) is 0.333. The molecule has 3 aromatic rings. The number of hydrogen-bond donors (Lipinski definition) is 1. The van der Waals surface area contributed by atoms with E-state index in [4.69, 9.17) is 0 Å². The topological polar surface area (TPSA) is 130 Å². The second kappa shape index (κ2) is 7.68. The van der Waals surface area contributed by atoms with Crippen molar-refractivity contribution in [2.75, 3.05) is 31.1 Å². The van der Waals surface area contributed by atoms with Gasteiger partial charge in [0.1, 0.15) is 5.69 Å². The Kier molecular flexibility index (Phi) is 4.94. The third-order valence-corrected chi connectivity index (χ3v) is 8.12. The number of nitrogens with zero attached hydrogens (tertiary/aromatic N) is 4. The minimum atomic E-state index is -3.64. The molecule has 1 aliphatic heterocycles. The monoisotopic (exact) mass is 455 g/mol. The molecule has 2 aliphatic rings. The van der Waals surface area contributed by atoms with Crippen LogP contribution in [0, 0.1) is 10.1 Å². The number of benzene rings is 2. The minimum Gasteiger partial charge on any atom is -0.363 e. The van der Waals surface area contributed by atoms with E-state index in [0.717, 1.165) is 24.8 Å². The lowest BCUT2D eigenvalue weighted by atomic mass is 10.1. The average molecular weight is 455 g/mol. The van der Waals surface area contributed by atoms with Crippen molar-refractivity contribution in [1.29, 1.82) is 0 Å². The van der Waals surface area contributed by atoms with E-state index >= 15 is 0 Å². The number of fused-ring (bicyclic) bond motifs is 2. The van der Waals surface area contributed by atoms with E-state index in [1.54, 1.807) is 17.0 Å². The lowest BCUT2D eigenvalue weighted by molar-refractivity contribution is -0.384. The molecule has 166 valence electrons. The molecule has 0 saturated carbocycles. The Bertz CT molecular complexity index is 1390. The Hall–Kier alpha value is -3.31. The quantitative estimate of drug-likeness (QED) is 0.469. The van der Waals surface area contributed by atoms with Gasteiger partial charge >= 0.3 is 0 Å². The summed E-state index contributed by atoms with van der Waals surface area (Å²) in [5.74, 6) is 0. The molecular formula is C21H21N5O5S. The molecule has 32 heavy (non-hydrogen) atoms. The average Bonchev–Trinajstić information content (AvgIpc) is 3.26. The van der Waals surface area contributed by atoms with Crippen LogP contribution in [0.1, 0.15) is 17.5 Å². The van der Waals surface area contributed by atoms with Crippen molar-refractivity contribution in [1.82, 2.24) is 14.3 Å². The second-order valence-electron chi connectivity index (χ2n) is 8.02. The van der Waals surface area contributed by atoms with E-state index in [2.05, 4.69) is 9.97 Å². The van der Waals surface area contributed by atoms with Crippen molar-refractivity contribution in [2.45, 2.75) is 24.2 Å². The lowest BCUT2D eigenvalue weighted by Crippen LogP contribution is -2.48. The molecule has 1 saturated heterocycles. The molecule has 0 spiro atoms. The summed E-state index contributed by atoms with van der Waals surface area (Å²) < 4.78 is 27.8. The number of nitro benzene ring substituents is 1. The van der Waals surface area contributed by atoms with Crippen LogP contribution >= 0.6 is 0 Å². The molecule has 1 fully saturated rings. The van der Waals surface area contributed by atoms with E-state index in [-0.39, 0.29) is 24.2 Å². The fourth-order valence-electron chi connectivity index (χ4n) is 4.52. The molecule has 0 bridgehead atoms. The molecule has 1 aromatic heterocycles. The summed E-state index contributed by atoms with van der Waals surface area (Å²) in [6.07, 6.45) is 4.18. The van der Waals surface area contributed by atoms with E-state index in [0.29, 0.717) is 29.2 Å². The highest BCUT2D eigenvalue weighted by Gasteiger charge is 2.31. The van der Waals surface area contributed by atoms with Gasteiger partial charge in [0.15, 0.2) is 0 Å². The molecule has 0 unspecified atom stereocenters. The van der Waals surface area contributed by atoms with Crippen LogP contribution in [0.3, 0.4) is 0 Å². The first kappa shape index (κ1) is 20.6. The van der Waals surface area contributed by atoms with Crippen LogP contribution < -0.4 is 10.5 Å². The van der Waals surface area contributed by atoms with Crippen LogP contribution in [-0.2, 0) is 22.9 Å². The molecule has 0 radical (unpaired) electrons. The number of piperazine rings is 1. The number of rotatable bonds is 4. The first-order valence-electron chi connectivity index (χ1n) is 10.4. The van der Waals surface area contributed by atoms with Crippen LogP contribution in [0.2, 0.25) is 0 Å². The van der Waals surface area contributed by atoms with Crippen molar-refractivity contribution in [3.05, 3.63) is 68.3 Å². The van der Waals surface area contributed by atoms with Gasteiger partial charge in [0.2, 0.25) is 10.0 Å². The lowest BCUT2D eigenvalue weighted by Gasteiger charge is -2.35. The number of aryl methyl sites for hydroxylation is 2. The van der Waals surface area contributed by atoms with Gasteiger partial charge in [-0.1, -0.05) is 6.07 Å². The Morgan fingerprint density at radius 1 is 1.03 bits per heavy atom. The number of hydrogen-bond acceptors (Lipinski definition) is 7. The molecule has 10 nitrogen and oxygen atoms in total. The van der Waals surface area contributed by atoms with E-state index in [1.165, 1.54) is 28.3 Å². The van der Waals surface area contributed by atoms with E-state index < -0.39 is 20.5 Å². The number of aromatic amines is 1. The maximum Gasteiger partial charge on any atom is 0.293 e. The zero-order valence-corrected chi connectivity index (χ0v) is 18.0. The second-order valence-corrected chi connectivity index (χ2v) is 9.96. The molecule has 0 atom stereocenters. The van der Waals surface area contributed by atoms with E-state index in [1.807, 2.05) is 6.07 Å². The van der Waals surface area contributed by atoms with Crippen LogP contribution in [0.4, 0.5) is 11.4 Å². The number of anilines is 1. The van der Waals surface area contributed by atoms with Gasteiger partial charge in [0, 0.05) is 32.2 Å². The number of nitrogens with one attached hydrogen (secondary N) is 1. The van der Waals surface area contributed by atoms with Gasteiger partial charge in [-0.3, -0.25) is 14.9 Å². The predicted octanol–water partition coefficient (Wildman–Crippen LogP) is 1.83. The summed E-state index contributed by atoms with van der Waals surface area (Å²) in [4.78, 5) is 31.7. The minimum absolute atomic E-state index is 0.140. The number of aromatic nitrogens is 2. The Balaban J connectivity index is 1.41. The molecular weight excluding hydrogens is 434 g/mol. The van der Waals surface area contributed by atoms with Crippen molar-refractivity contribution < 1.29 is 13.3 Å². The summed E-state index contributed by atoms with van der Waals surface area (Å²) in [5.41, 5.74) is 2.34. The predicted molar refractivity (Wildman–Crippen MR) is 118 cm³/mol. The van der Waals surface area contributed by atoms with Gasteiger partial charge in [0.05, 0.1) is 27.0 Å². The van der Waals surface area contributed by atoms with Gasteiger partial charge in [-0.2, -0.15) is 4.31 Å². The number of nitro groups is 1.